The fourth-order valence-corrected chi connectivity index (χ4v) is 1.21. The molecule has 0 aliphatic rings. The molecule has 0 radical (unpaired) electrons. The highest BCUT2D eigenvalue weighted by Gasteiger charge is 2.12. The molecule has 3 N–H and O–H groups in total. The number of anilines is 1. The van der Waals surface area contributed by atoms with Gasteiger partial charge in [-0.2, -0.15) is 0 Å². The van der Waals surface area contributed by atoms with Gasteiger partial charge in [0, 0.05) is 5.69 Å². The number of hydrogen-bond acceptors (Lipinski definition) is 4. The first kappa shape index (κ1) is 11.9. The Balaban J connectivity index is 2.76. The molecule has 1 amide bonds. The zero-order chi connectivity index (χ0) is 11.4. The summed E-state index contributed by atoms with van der Waals surface area (Å²) in [7, 11) is 0. The van der Waals surface area contributed by atoms with Gasteiger partial charge in [-0.05, 0) is 19.4 Å². The summed E-state index contributed by atoms with van der Waals surface area (Å²) in [5.41, 5.74) is 6.23. The molecule has 0 aliphatic heterocycles. The molecule has 0 saturated heterocycles. The molecule has 1 aromatic heterocycles. The molecule has 5 nitrogen and oxygen atoms in total. The summed E-state index contributed by atoms with van der Waals surface area (Å²) in [6, 6.07) is 1.06. The lowest BCUT2D eigenvalue weighted by molar-refractivity contribution is -0.117. The molecule has 0 unspecified atom stereocenters. The quantitative estimate of drug-likeness (QED) is 0.760. The number of nitrogens with two attached hydrogens (primary N) is 1. The van der Waals surface area contributed by atoms with Crippen LogP contribution in [0.25, 0.3) is 0 Å². The molecule has 0 aliphatic carbocycles. The van der Waals surface area contributed by atoms with Crippen LogP contribution in [0.4, 0.5) is 5.95 Å². The van der Waals surface area contributed by atoms with E-state index in [-0.39, 0.29) is 11.9 Å². The van der Waals surface area contributed by atoms with Crippen molar-refractivity contribution in [1.82, 2.24) is 9.97 Å². The number of amides is 1. The fourth-order valence-electron chi connectivity index (χ4n) is 0.974. The third-order valence-corrected chi connectivity index (χ3v) is 2.03. The van der Waals surface area contributed by atoms with E-state index in [9.17, 15) is 4.79 Å². The standard InChI is InChI=1S/C9H13ClN4O/c1-3-6(11)8(15)14-9-12-5(2)4-7(10)13-9/h4,6H,3,11H2,1-2H3,(H,12,13,14,15)/t6-/m1/s1. The van der Waals surface area contributed by atoms with Gasteiger partial charge in [0.2, 0.25) is 11.9 Å². The Labute approximate surface area is 93.0 Å². The van der Waals surface area contributed by atoms with Gasteiger partial charge >= 0.3 is 0 Å². The molecule has 0 saturated carbocycles. The van der Waals surface area contributed by atoms with E-state index in [1.54, 1.807) is 13.0 Å². The highest BCUT2D eigenvalue weighted by Crippen LogP contribution is 2.09. The third-order valence-electron chi connectivity index (χ3n) is 1.83. The van der Waals surface area contributed by atoms with Gasteiger partial charge < -0.3 is 5.73 Å². The van der Waals surface area contributed by atoms with Crippen LogP contribution < -0.4 is 11.1 Å². The monoisotopic (exact) mass is 228 g/mol. The SMILES string of the molecule is CC[C@@H](N)C(=O)Nc1nc(C)cc(Cl)n1. The van der Waals surface area contributed by atoms with Gasteiger partial charge in [-0.15, -0.1) is 0 Å². The van der Waals surface area contributed by atoms with Crippen LogP contribution in [0.5, 0.6) is 0 Å². The topological polar surface area (TPSA) is 80.9 Å². The van der Waals surface area contributed by atoms with Crippen LogP contribution in [0.2, 0.25) is 5.15 Å². The largest absolute Gasteiger partial charge is 0.320 e. The third kappa shape index (κ3) is 3.45. The second-order valence-electron chi connectivity index (χ2n) is 3.16. The minimum atomic E-state index is -0.548. The van der Waals surface area contributed by atoms with Gasteiger partial charge in [-0.25, -0.2) is 9.97 Å². The van der Waals surface area contributed by atoms with Crippen LogP contribution in [0.3, 0.4) is 0 Å². The molecule has 1 rings (SSSR count). The summed E-state index contributed by atoms with van der Waals surface area (Å²) in [6.45, 7) is 3.59. The Morgan fingerprint density at radius 2 is 2.33 bits per heavy atom. The van der Waals surface area contributed by atoms with E-state index >= 15 is 0 Å². The van der Waals surface area contributed by atoms with Crippen LogP contribution in [-0.2, 0) is 4.79 Å². The van der Waals surface area contributed by atoms with Crippen molar-refractivity contribution in [3.05, 3.63) is 16.9 Å². The van der Waals surface area contributed by atoms with Gasteiger partial charge in [-0.1, -0.05) is 18.5 Å². The average molecular weight is 229 g/mol. The number of carbonyl (C=O) groups excluding carboxylic acids is 1. The van der Waals surface area contributed by atoms with E-state index in [0.717, 1.165) is 0 Å². The molecule has 1 heterocycles. The second kappa shape index (κ2) is 5.04. The summed E-state index contributed by atoms with van der Waals surface area (Å²) in [5, 5.41) is 2.80. The summed E-state index contributed by atoms with van der Waals surface area (Å²) in [4.78, 5) is 19.3. The number of aromatic nitrogens is 2. The molecule has 1 atom stereocenters. The molecule has 1 aromatic rings. The lowest BCUT2D eigenvalue weighted by Crippen LogP contribution is -2.35. The van der Waals surface area contributed by atoms with Crippen LogP contribution in [0.1, 0.15) is 19.0 Å². The number of halogens is 1. The van der Waals surface area contributed by atoms with E-state index in [1.807, 2.05) is 6.92 Å². The average Bonchev–Trinajstić information content (AvgIpc) is 2.14. The normalized spacial score (nSPS) is 12.3. The maximum atomic E-state index is 11.4. The molecule has 0 bridgehead atoms. The highest BCUT2D eigenvalue weighted by atomic mass is 35.5. The molecule has 0 spiro atoms. The Hall–Kier alpha value is -1.20. The molecular formula is C9H13ClN4O. The number of aryl methyl sites for hydroxylation is 1. The summed E-state index contributed by atoms with van der Waals surface area (Å²) < 4.78 is 0. The van der Waals surface area contributed by atoms with Crippen molar-refractivity contribution in [2.45, 2.75) is 26.3 Å². The minimum Gasteiger partial charge on any atom is -0.320 e. The lowest BCUT2D eigenvalue weighted by atomic mass is 10.2. The molecule has 15 heavy (non-hydrogen) atoms. The summed E-state index contributed by atoms with van der Waals surface area (Å²) in [5.74, 6) is -0.118. The maximum absolute atomic E-state index is 11.4. The van der Waals surface area contributed by atoms with Crippen LogP contribution in [0.15, 0.2) is 6.07 Å². The van der Waals surface area contributed by atoms with Gasteiger partial charge in [-0.3, -0.25) is 10.1 Å². The van der Waals surface area contributed by atoms with Crippen molar-refractivity contribution in [2.24, 2.45) is 5.73 Å². The number of nitrogens with one attached hydrogen (secondary N) is 1. The summed E-state index contributed by atoms with van der Waals surface area (Å²) in [6.07, 6.45) is 0.561. The first-order valence-electron chi connectivity index (χ1n) is 4.60. The van der Waals surface area contributed by atoms with E-state index in [0.29, 0.717) is 17.3 Å². The predicted molar refractivity (Wildman–Crippen MR) is 58.7 cm³/mol. The summed E-state index contributed by atoms with van der Waals surface area (Å²) >= 11 is 5.71. The van der Waals surface area contributed by atoms with Crippen LogP contribution in [-0.4, -0.2) is 21.9 Å². The van der Waals surface area contributed by atoms with Crippen molar-refractivity contribution in [3.8, 4) is 0 Å². The van der Waals surface area contributed by atoms with Crippen molar-refractivity contribution >= 4 is 23.5 Å². The molecular weight excluding hydrogens is 216 g/mol. The minimum absolute atomic E-state index is 0.189. The zero-order valence-electron chi connectivity index (χ0n) is 8.62. The van der Waals surface area contributed by atoms with Gasteiger partial charge in [0.15, 0.2) is 0 Å². The van der Waals surface area contributed by atoms with Crippen molar-refractivity contribution in [3.63, 3.8) is 0 Å². The highest BCUT2D eigenvalue weighted by molar-refractivity contribution is 6.29. The molecule has 6 heteroatoms. The van der Waals surface area contributed by atoms with Crippen LogP contribution in [0, 0.1) is 6.92 Å². The lowest BCUT2D eigenvalue weighted by Gasteiger charge is -2.08. The maximum Gasteiger partial charge on any atom is 0.243 e. The van der Waals surface area contributed by atoms with Crippen molar-refractivity contribution < 1.29 is 4.79 Å². The Kier molecular flexibility index (Phi) is 3.99. The van der Waals surface area contributed by atoms with Gasteiger partial charge in [0.05, 0.1) is 6.04 Å². The smallest absolute Gasteiger partial charge is 0.243 e. The van der Waals surface area contributed by atoms with E-state index in [4.69, 9.17) is 17.3 Å². The van der Waals surface area contributed by atoms with E-state index in [1.165, 1.54) is 0 Å². The number of hydrogen-bond donors (Lipinski definition) is 2. The van der Waals surface area contributed by atoms with Crippen LogP contribution >= 0.6 is 11.6 Å². The first-order valence-corrected chi connectivity index (χ1v) is 4.98. The Morgan fingerprint density at radius 3 is 2.87 bits per heavy atom. The van der Waals surface area contributed by atoms with Crippen molar-refractivity contribution in [2.75, 3.05) is 5.32 Å². The Bertz CT molecular complexity index is 349. The first-order chi connectivity index (χ1) is 7.02. The van der Waals surface area contributed by atoms with E-state index in [2.05, 4.69) is 15.3 Å². The Morgan fingerprint density at radius 1 is 1.67 bits per heavy atom. The van der Waals surface area contributed by atoms with Gasteiger partial charge in [0.25, 0.3) is 0 Å². The number of carbonyl (C=O) groups is 1. The number of rotatable bonds is 3. The van der Waals surface area contributed by atoms with E-state index < -0.39 is 6.04 Å². The predicted octanol–water partition coefficient (Wildman–Crippen LogP) is 1.11. The van der Waals surface area contributed by atoms with Gasteiger partial charge in [0.1, 0.15) is 5.15 Å². The van der Waals surface area contributed by atoms with Crippen molar-refractivity contribution in [1.29, 1.82) is 0 Å². The molecule has 0 fully saturated rings. The fraction of sp³-hybridized carbons (Fsp3) is 0.444. The molecule has 82 valence electrons. The molecule has 0 aromatic carbocycles. The number of nitrogens with zero attached hydrogens (tertiary/aromatic N) is 2. The zero-order valence-corrected chi connectivity index (χ0v) is 9.38. The second-order valence-corrected chi connectivity index (χ2v) is 3.55.